The van der Waals surface area contributed by atoms with E-state index in [0.717, 1.165) is 6.20 Å². The molecule has 0 saturated heterocycles. The number of aromatic nitrogens is 5. The minimum Gasteiger partial charge on any atom is -0.288 e. The van der Waals surface area contributed by atoms with Crippen molar-refractivity contribution in [3.05, 3.63) is 34.1 Å². The Morgan fingerprint density at radius 3 is 2.82 bits per heavy atom. The molecule has 2 N–H and O–H groups in total. The first kappa shape index (κ1) is 10.6. The first-order chi connectivity index (χ1) is 8.16. The van der Waals surface area contributed by atoms with Gasteiger partial charge in [0.25, 0.3) is 11.6 Å². The van der Waals surface area contributed by atoms with Gasteiger partial charge in [-0.1, -0.05) is 5.10 Å². The van der Waals surface area contributed by atoms with Crippen LogP contribution >= 0.6 is 0 Å². The predicted octanol–water partition coefficient (Wildman–Crippen LogP) is -0.245. The Hall–Kier alpha value is -2.91. The zero-order valence-corrected chi connectivity index (χ0v) is 8.19. The Kier molecular flexibility index (Phi) is 2.68. The topological polar surface area (TPSA) is 140 Å². The van der Waals surface area contributed by atoms with Gasteiger partial charge in [-0.05, 0) is 16.5 Å². The van der Waals surface area contributed by atoms with Crippen LogP contribution in [0.2, 0.25) is 0 Å². The molecule has 0 saturated carbocycles. The van der Waals surface area contributed by atoms with E-state index < -0.39 is 10.8 Å². The lowest BCUT2D eigenvalue weighted by Gasteiger charge is -1.99. The number of amides is 1. The molecule has 10 heteroatoms. The summed E-state index contributed by atoms with van der Waals surface area (Å²) in [5, 5.41) is 25.0. The van der Waals surface area contributed by atoms with Crippen molar-refractivity contribution < 1.29 is 9.72 Å². The smallest absolute Gasteiger partial charge is 0.287 e. The highest BCUT2D eigenvalue weighted by Gasteiger charge is 2.12. The molecule has 0 fully saturated rings. The van der Waals surface area contributed by atoms with Crippen LogP contribution in [0.25, 0.3) is 0 Å². The Morgan fingerprint density at radius 2 is 2.29 bits per heavy atom. The summed E-state index contributed by atoms with van der Waals surface area (Å²) in [6.07, 6.45) is 0.994. The third-order valence-corrected chi connectivity index (χ3v) is 1.77. The molecule has 2 aromatic heterocycles. The second-order valence-electron chi connectivity index (χ2n) is 2.86. The molecule has 0 atom stereocenters. The third kappa shape index (κ3) is 2.37. The molecule has 2 heterocycles. The summed E-state index contributed by atoms with van der Waals surface area (Å²) in [7, 11) is 0. The number of anilines is 1. The van der Waals surface area contributed by atoms with Crippen molar-refractivity contribution in [1.29, 1.82) is 0 Å². The highest BCUT2D eigenvalue weighted by atomic mass is 16.6. The maximum absolute atomic E-state index is 11.5. The largest absolute Gasteiger partial charge is 0.288 e. The molecular weight excluding hydrogens is 230 g/mol. The van der Waals surface area contributed by atoms with Gasteiger partial charge in [0, 0.05) is 6.07 Å². The van der Waals surface area contributed by atoms with Crippen molar-refractivity contribution in [2.24, 2.45) is 0 Å². The summed E-state index contributed by atoms with van der Waals surface area (Å²) in [5.74, 6) is -0.506. The van der Waals surface area contributed by atoms with E-state index in [-0.39, 0.29) is 17.3 Å². The standard InChI is InChI=1S/C7H5N7O3/c15-6(9-7-10-12-13-11-7)5-2-1-4(3-8-5)14(16)17/h1-3H,(H2,9,10,11,12,13,15). The molecule has 86 valence electrons. The van der Waals surface area contributed by atoms with Crippen molar-refractivity contribution >= 4 is 17.5 Å². The van der Waals surface area contributed by atoms with E-state index in [1.807, 2.05) is 0 Å². The van der Waals surface area contributed by atoms with Gasteiger partial charge in [-0.2, -0.15) is 0 Å². The van der Waals surface area contributed by atoms with Crippen molar-refractivity contribution in [3.8, 4) is 0 Å². The molecule has 0 bridgehead atoms. The van der Waals surface area contributed by atoms with Gasteiger partial charge in [0.2, 0.25) is 5.95 Å². The molecule has 2 rings (SSSR count). The van der Waals surface area contributed by atoms with Gasteiger partial charge < -0.3 is 0 Å². The molecule has 17 heavy (non-hydrogen) atoms. The number of hydrogen-bond donors (Lipinski definition) is 2. The second-order valence-corrected chi connectivity index (χ2v) is 2.86. The average Bonchev–Trinajstić information content (AvgIpc) is 2.82. The van der Waals surface area contributed by atoms with Crippen LogP contribution in [-0.2, 0) is 0 Å². The monoisotopic (exact) mass is 235 g/mol. The quantitative estimate of drug-likeness (QED) is 0.552. The second kappa shape index (κ2) is 4.30. The average molecular weight is 235 g/mol. The van der Waals surface area contributed by atoms with Gasteiger partial charge in [-0.25, -0.2) is 10.1 Å². The van der Waals surface area contributed by atoms with Gasteiger partial charge >= 0.3 is 0 Å². The summed E-state index contributed by atoms with van der Waals surface area (Å²) >= 11 is 0. The fourth-order valence-electron chi connectivity index (χ4n) is 1.01. The van der Waals surface area contributed by atoms with Crippen molar-refractivity contribution in [2.75, 3.05) is 5.32 Å². The maximum atomic E-state index is 11.5. The number of hydrogen-bond acceptors (Lipinski definition) is 7. The van der Waals surface area contributed by atoms with Crippen molar-refractivity contribution in [3.63, 3.8) is 0 Å². The van der Waals surface area contributed by atoms with E-state index >= 15 is 0 Å². The molecule has 0 aliphatic rings. The SMILES string of the molecule is O=C(Nc1nnn[nH]1)c1ccc([N+](=O)[O-])cn1. The van der Waals surface area contributed by atoms with E-state index in [2.05, 4.69) is 30.9 Å². The minimum atomic E-state index is -0.602. The summed E-state index contributed by atoms with van der Waals surface area (Å²) in [5.41, 5.74) is -0.171. The molecular formula is C7H5N7O3. The number of H-pyrrole nitrogens is 1. The van der Waals surface area contributed by atoms with Crippen molar-refractivity contribution in [1.82, 2.24) is 25.6 Å². The molecule has 2 aromatic rings. The normalized spacial score (nSPS) is 9.88. The Morgan fingerprint density at radius 1 is 1.47 bits per heavy atom. The highest BCUT2D eigenvalue weighted by Crippen LogP contribution is 2.09. The number of rotatable bonds is 3. The van der Waals surface area contributed by atoms with Crippen LogP contribution < -0.4 is 5.32 Å². The molecule has 0 aliphatic heterocycles. The van der Waals surface area contributed by atoms with E-state index in [1.165, 1.54) is 12.1 Å². The third-order valence-electron chi connectivity index (χ3n) is 1.77. The zero-order valence-electron chi connectivity index (χ0n) is 8.19. The van der Waals surface area contributed by atoms with Crippen molar-refractivity contribution in [2.45, 2.75) is 0 Å². The van der Waals surface area contributed by atoms with Crippen LogP contribution in [0.15, 0.2) is 18.3 Å². The number of nitro groups is 1. The van der Waals surface area contributed by atoms with Gasteiger partial charge in [-0.15, -0.1) is 0 Å². The first-order valence-electron chi connectivity index (χ1n) is 4.32. The Balaban J connectivity index is 2.12. The fourth-order valence-corrected chi connectivity index (χ4v) is 1.01. The number of carbonyl (C=O) groups excluding carboxylic acids is 1. The number of carbonyl (C=O) groups is 1. The van der Waals surface area contributed by atoms with Gasteiger partial charge in [0.15, 0.2) is 0 Å². The number of tetrazole rings is 1. The van der Waals surface area contributed by atoms with Crippen LogP contribution in [0, 0.1) is 10.1 Å². The van der Waals surface area contributed by atoms with Crippen LogP contribution in [0.5, 0.6) is 0 Å². The number of pyridine rings is 1. The summed E-state index contributed by atoms with van der Waals surface area (Å²) in [4.78, 5) is 24.9. The van der Waals surface area contributed by atoms with Crippen LogP contribution in [0.3, 0.4) is 0 Å². The fraction of sp³-hybridized carbons (Fsp3) is 0. The molecule has 0 aromatic carbocycles. The van der Waals surface area contributed by atoms with Gasteiger partial charge in [0.1, 0.15) is 11.9 Å². The number of nitrogens with zero attached hydrogens (tertiary/aromatic N) is 5. The molecule has 0 aliphatic carbocycles. The lowest BCUT2D eigenvalue weighted by Crippen LogP contribution is -2.14. The zero-order chi connectivity index (χ0) is 12.3. The Labute approximate surface area is 93.2 Å². The van der Waals surface area contributed by atoms with Crippen LogP contribution in [0.4, 0.5) is 11.6 Å². The minimum absolute atomic E-state index is 0.0204. The highest BCUT2D eigenvalue weighted by molar-refractivity contribution is 6.01. The molecule has 1 amide bonds. The molecule has 10 nitrogen and oxygen atoms in total. The maximum Gasteiger partial charge on any atom is 0.287 e. The predicted molar refractivity (Wildman–Crippen MR) is 53.0 cm³/mol. The number of aromatic amines is 1. The molecule has 0 radical (unpaired) electrons. The Bertz CT molecular complexity index is 535. The van der Waals surface area contributed by atoms with E-state index in [0.29, 0.717) is 0 Å². The lowest BCUT2D eigenvalue weighted by molar-refractivity contribution is -0.385. The van der Waals surface area contributed by atoms with Gasteiger partial charge in [0.05, 0.1) is 4.92 Å². The molecule has 0 spiro atoms. The van der Waals surface area contributed by atoms with Crippen LogP contribution in [-0.4, -0.2) is 36.4 Å². The van der Waals surface area contributed by atoms with Crippen LogP contribution in [0.1, 0.15) is 10.5 Å². The first-order valence-corrected chi connectivity index (χ1v) is 4.32. The van der Waals surface area contributed by atoms with E-state index in [9.17, 15) is 14.9 Å². The number of nitrogens with one attached hydrogen (secondary N) is 2. The van der Waals surface area contributed by atoms with Gasteiger partial charge in [-0.3, -0.25) is 20.2 Å². The summed E-state index contributed by atoms with van der Waals surface area (Å²) in [6, 6.07) is 2.41. The summed E-state index contributed by atoms with van der Waals surface area (Å²) in [6.45, 7) is 0. The molecule has 0 unspecified atom stereocenters. The summed E-state index contributed by atoms with van der Waals surface area (Å²) < 4.78 is 0. The lowest BCUT2D eigenvalue weighted by atomic mass is 10.3. The van der Waals surface area contributed by atoms with E-state index in [1.54, 1.807) is 0 Å². The van der Waals surface area contributed by atoms with E-state index in [4.69, 9.17) is 0 Å².